The molecule has 1 aromatic rings. The van der Waals surface area contributed by atoms with Crippen LogP contribution in [-0.4, -0.2) is 24.1 Å². The third-order valence-electron chi connectivity index (χ3n) is 3.44. The van der Waals surface area contributed by atoms with Crippen molar-refractivity contribution in [3.05, 3.63) is 34.9 Å². The number of nitrogens with one attached hydrogen (secondary N) is 2. The van der Waals surface area contributed by atoms with Crippen molar-refractivity contribution < 1.29 is 9.59 Å². The summed E-state index contributed by atoms with van der Waals surface area (Å²) in [5.74, 6) is -0.342. The second-order valence-electron chi connectivity index (χ2n) is 5.02. The first-order valence-electron chi connectivity index (χ1n) is 6.76. The zero-order valence-corrected chi connectivity index (χ0v) is 11.8. The van der Waals surface area contributed by atoms with Gasteiger partial charge < -0.3 is 5.32 Å². The van der Waals surface area contributed by atoms with Crippen molar-refractivity contribution in [2.24, 2.45) is 5.10 Å². The molecule has 20 heavy (non-hydrogen) atoms. The van der Waals surface area contributed by atoms with E-state index in [-0.39, 0.29) is 11.8 Å². The molecule has 1 aliphatic rings. The van der Waals surface area contributed by atoms with Gasteiger partial charge in [-0.3, -0.25) is 9.59 Å². The smallest absolute Gasteiger partial charge is 0.267 e. The topological polar surface area (TPSA) is 70.6 Å². The molecular weight excluding hydrogens is 254 g/mol. The third kappa shape index (κ3) is 3.66. The SMILES string of the molecule is Cc1ccc(CCNC(=O)C2=NNC(=O)CC2)cc1C. The molecule has 0 radical (unpaired) electrons. The predicted octanol–water partition coefficient (Wildman–Crippen LogP) is 1.23. The molecule has 5 nitrogen and oxygen atoms in total. The van der Waals surface area contributed by atoms with E-state index in [0.717, 1.165) is 6.42 Å². The standard InChI is InChI=1S/C15H19N3O2/c1-10-3-4-12(9-11(10)2)7-8-16-15(20)13-5-6-14(19)18-17-13/h3-4,9H,5-8H2,1-2H3,(H,16,20)(H,18,19). The molecule has 0 saturated heterocycles. The van der Waals surface area contributed by atoms with E-state index in [4.69, 9.17) is 0 Å². The van der Waals surface area contributed by atoms with Gasteiger partial charge in [0.25, 0.3) is 5.91 Å². The predicted molar refractivity (Wildman–Crippen MR) is 77.4 cm³/mol. The lowest BCUT2D eigenvalue weighted by Crippen LogP contribution is -2.37. The van der Waals surface area contributed by atoms with Crippen LogP contribution in [0.3, 0.4) is 0 Å². The summed E-state index contributed by atoms with van der Waals surface area (Å²) in [6, 6.07) is 6.31. The van der Waals surface area contributed by atoms with Crippen LogP contribution in [0.15, 0.2) is 23.3 Å². The Morgan fingerprint density at radius 1 is 1.30 bits per heavy atom. The fourth-order valence-corrected chi connectivity index (χ4v) is 2.02. The number of carbonyl (C=O) groups is 2. The van der Waals surface area contributed by atoms with Crippen LogP contribution in [0.1, 0.15) is 29.5 Å². The molecule has 0 saturated carbocycles. The highest BCUT2D eigenvalue weighted by molar-refractivity contribution is 6.39. The van der Waals surface area contributed by atoms with Crippen LogP contribution in [0.25, 0.3) is 0 Å². The van der Waals surface area contributed by atoms with Gasteiger partial charge in [0.05, 0.1) is 0 Å². The summed E-state index contributed by atoms with van der Waals surface area (Å²) in [5.41, 5.74) is 6.44. The van der Waals surface area contributed by atoms with Crippen molar-refractivity contribution in [2.75, 3.05) is 6.54 Å². The van der Waals surface area contributed by atoms with Crippen LogP contribution in [-0.2, 0) is 16.0 Å². The fraction of sp³-hybridized carbons (Fsp3) is 0.400. The molecule has 0 aromatic heterocycles. The van der Waals surface area contributed by atoms with Crippen molar-refractivity contribution >= 4 is 17.5 Å². The van der Waals surface area contributed by atoms with E-state index in [2.05, 4.69) is 47.9 Å². The first-order valence-corrected chi connectivity index (χ1v) is 6.76. The molecule has 0 fully saturated rings. The van der Waals surface area contributed by atoms with Gasteiger partial charge >= 0.3 is 0 Å². The minimum Gasteiger partial charge on any atom is -0.351 e. The molecule has 0 bridgehead atoms. The van der Waals surface area contributed by atoms with Crippen LogP contribution in [0, 0.1) is 13.8 Å². The Bertz CT molecular complexity index is 564. The summed E-state index contributed by atoms with van der Waals surface area (Å²) < 4.78 is 0. The van der Waals surface area contributed by atoms with Gasteiger partial charge in [-0.15, -0.1) is 0 Å². The fourth-order valence-electron chi connectivity index (χ4n) is 2.02. The number of rotatable bonds is 4. The molecule has 5 heteroatoms. The number of amides is 2. The summed E-state index contributed by atoms with van der Waals surface area (Å²) in [6.07, 6.45) is 1.51. The molecule has 2 rings (SSSR count). The lowest BCUT2D eigenvalue weighted by Gasteiger charge is -2.12. The van der Waals surface area contributed by atoms with Crippen molar-refractivity contribution in [3.63, 3.8) is 0 Å². The number of aryl methyl sites for hydroxylation is 2. The van der Waals surface area contributed by atoms with E-state index < -0.39 is 0 Å². The molecule has 2 N–H and O–H groups in total. The normalized spacial score (nSPS) is 14.5. The maximum atomic E-state index is 11.8. The first-order chi connectivity index (χ1) is 9.56. The van der Waals surface area contributed by atoms with E-state index in [1.165, 1.54) is 16.7 Å². The van der Waals surface area contributed by atoms with Gasteiger partial charge in [0.1, 0.15) is 5.71 Å². The molecule has 0 aliphatic carbocycles. The largest absolute Gasteiger partial charge is 0.351 e. The van der Waals surface area contributed by atoms with Gasteiger partial charge in [-0.05, 0) is 37.0 Å². The molecule has 0 unspecified atom stereocenters. The molecule has 2 amide bonds. The van der Waals surface area contributed by atoms with Gasteiger partial charge in [-0.1, -0.05) is 18.2 Å². The average Bonchev–Trinajstić information content (AvgIpc) is 2.43. The molecule has 1 aliphatic heterocycles. The van der Waals surface area contributed by atoms with E-state index >= 15 is 0 Å². The van der Waals surface area contributed by atoms with Crippen molar-refractivity contribution in [1.82, 2.24) is 10.7 Å². The van der Waals surface area contributed by atoms with Crippen LogP contribution >= 0.6 is 0 Å². The highest BCUT2D eigenvalue weighted by atomic mass is 16.2. The summed E-state index contributed by atoms with van der Waals surface area (Å²) in [4.78, 5) is 22.8. The maximum Gasteiger partial charge on any atom is 0.267 e. The Hall–Kier alpha value is -2.17. The van der Waals surface area contributed by atoms with Crippen LogP contribution in [0.4, 0.5) is 0 Å². The molecule has 106 valence electrons. The average molecular weight is 273 g/mol. The zero-order chi connectivity index (χ0) is 14.5. The molecule has 1 aromatic carbocycles. The van der Waals surface area contributed by atoms with E-state index in [9.17, 15) is 9.59 Å². The minimum absolute atomic E-state index is 0.142. The Kier molecular flexibility index (Phi) is 4.50. The van der Waals surface area contributed by atoms with Crippen molar-refractivity contribution in [3.8, 4) is 0 Å². The van der Waals surface area contributed by atoms with Gasteiger partial charge in [0, 0.05) is 19.4 Å². The Morgan fingerprint density at radius 3 is 2.75 bits per heavy atom. The summed E-state index contributed by atoms with van der Waals surface area (Å²) >= 11 is 0. The van der Waals surface area contributed by atoms with E-state index in [0.29, 0.717) is 25.1 Å². The van der Waals surface area contributed by atoms with Crippen LogP contribution in [0.5, 0.6) is 0 Å². The Labute approximate surface area is 118 Å². The van der Waals surface area contributed by atoms with Crippen LogP contribution in [0.2, 0.25) is 0 Å². The van der Waals surface area contributed by atoms with Crippen molar-refractivity contribution in [2.45, 2.75) is 33.1 Å². The summed E-state index contributed by atoms with van der Waals surface area (Å²) in [7, 11) is 0. The second-order valence-corrected chi connectivity index (χ2v) is 5.02. The van der Waals surface area contributed by atoms with Gasteiger partial charge in [0.2, 0.25) is 5.91 Å². The Balaban J connectivity index is 1.82. The first kappa shape index (κ1) is 14.2. The molecule has 0 atom stereocenters. The minimum atomic E-state index is -0.200. The number of benzene rings is 1. The zero-order valence-electron chi connectivity index (χ0n) is 11.8. The van der Waals surface area contributed by atoms with Crippen molar-refractivity contribution in [1.29, 1.82) is 0 Å². The van der Waals surface area contributed by atoms with Gasteiger partial charge in [0.15, 0.2) is 0 Å². The highest BCUT2D eigenvalue weighted by Gasteiger charge is 2.17. The number of nitrogens with zero attached hydrogens (tertiary/aromatic N) is 1. The highest BCUT2D eigenvalue weighted by Crippen LogP contribution is 2.10. The summed E-state index contributed by atoms with van der Waals surface area (Å²) in [5, 5.41) is 6.60. The maximum absolute atomic E-state index is 11.8. The quantitative estimate of drug-likeness (QED) is 0.866. The van der Waals surface area contributed by atoms with Gasteiger partial charge in [-0.25, -0.2) is 5.43 Å². The monoisotopic (exact) mass is 273 g/mol. The third-order valence-corrected chi connectivity index (χ3v) is 3.44. The Morgan fingerprint density at radius 2 is 2.10 bits per heavy atom. The number of hydrogen-bond acceptors (Lipinski definition) is 3. The lowest BCUT2D eigenvalue weighted by atomic mass is 10.0. The molecule has 1 heterocycles. The molecular formula is C15H19N3O2. The van der Waals surface area contributed by atoms with Gasteiger partial charge in [-0.2, -0.15) is 5.10 Å². The number of carbonyl (C=O) groups excluding carboxylic acids is 2. The second kappa shape index (κ2) is 6.32. The van der Waals surface area contributed by atoms with E-state index in [1.54, 1.807) is 0 Å². The molecule has 0 spiro atoms. The lowest BCUT2D eigenvalue weighted by molar-refractivity contribution is -0.121. The summed E-state index contributed by atoms with van der Waals surface area (Å²) in [6.45, 7) is 4.72. The van der Waals surface area contributed by atoms with E-state index in [1.807, 2.05) is 0 Å². The number of hydrazone groups is 1. The number of hydrogen-bond donors (Lipinski definition) is 2. The van der Waals surface area contributed by atoms with Crippen LogP contribution < -0.4 is 10.7 Å².